The zero-order valence-corrected chi connectivity index (χ0v) is 10.4. The molecule has 0 saturated heterocycles. The van der Waals surface area contributed by atoms with Crippen molar-refractivity contribution in [3.63, 3.8) is 0 Å². The number of rotatable bonds is 0. The molecule has 18 heavy (non-hydrogen) atoms. The Morgan fingerprint density at radius 3 is 3.11 bits per heavy atom. The number of aromatic nitrogens is 1. The first-order valence-electron chi connectivity index (χ1n) is 5.91. The van der Waals surface area contributed by atoms with Crippen molar-refractivity contribution in [3.8, 4) is 0 Å². The average Bonchev–Trinajstić information content (AvgIpc) is 2.73. The molecule has 86 valence electrons. The molecular formula is C15H10N2S. The molecule has 1 aliphatic heterocycles. The van der Waals surface area contributed by atoms with E-state index in [1.54, 1.807) is 0 Å². The van der Waals surface area contributed by atoms with Crippen molar-refractivity contribution < 1.29 is 0 Å². The third-order valence-electron chi connectivity index (χ3n) is 3.44. The zero-order valence-electron chi connectivity index (χ0n) is 9.63. The van der Waals surface area contributed by atoms with Gasteiger partial charge in [-0.2, -0.15) is 0 Å². The van der Waals surface area contributed by atoms with Crippen LogP contribution in [0.25, 0.3) is 16.6 Å². The first-order valence-corrected chi connectivity index (χ1v) is 6.32. The molecule has 2 aromatic rings. The van der Waals surface area contributed by atoms with Crippen LogP contribution in [0.15, 0.2) is 53.7 Å². The van der Waals surface area contributed by atoms with Crippen LogP contribution in [0.5, 0.6) is 0 Å². The molecule has 0 radical (unpaired) electrons. The highest BCUT2D eigenvalue weighted by Crippen LogP contribution is 2.29. The van der Waals surface area contributed by atoms with Gasteiger partial charge in [0.25, 0.3) is 0 Å². The Bertz CT molecular complexity index is 775. The van der Waals surface area contributed by atoms with Crippen LogP contribution in [0.4, 0.5) is 0 Å². The number of thiocarbonyl (C=S) groups is 1. The highest BCUT2D eigenvalue weighted by atomic mass is 32.1. The van der Waals surface area contributed by atoms with E-state index in [0.29, 0.717) is 6.54 Å². The number of para-hydroxylation sites is 1. The van der Waals surface area contributed by atoms with Gasteiger partial charge in [0.1, 0.15) is 0 Å². The van der Waals surface area contributed by atoms with Gasteiger partial charge < -0.3 is 4.57 Å². The standard InChI is InChI=1S/C15H10N2S/c18-13-6-2-5-12-14(13)16-9-11-4-1-3-10-7-8-17(12)15(10)11/h1-8H,9H2. The van der Waals surface area contributed by atoms with E-state index in [2.05, 4.69) is 46.1 Å². The second-order valence-electron chi connectivity index (χ2n) is 4.48. The van der Waals surface area contributed by atoms with Crippen molar-refractivity contribution in [2.75, 3.05) is 0 Å². The van der Waals surface area contributed by atoms with Crippen molar-refractivity contribution in [3.05, 3.63) is 54.3 Å². The fraction of sp³-hybridized carbons (Fsp3) is 0.0667. The summed E-state index contributed by atoms with van der Waals surface area (Å²) in [5.41, 5.74) is 4.52. The average molecular weight is 250 g/mol. The lowest BCUT2D eigenvalue weighted by Crippen LogP contribution is -2.17. The molecule has 2 heterocycles. The van der Waals surface area contributed by atoms with E-state index < -0.39 is 0 Å². The second-order valence-corrected chi connectivity index (χ2v) is 4.92. The Labute approximate surface area is 110 Å². The molecule has 2 aliphatic rings. The lowest BCUT2D eigenvalue weighted by atomic mass is 10.1. The largest absolute Gasteiger partial charge is 0.314 e. The Hall–Kier alpha value is -2.00. The summed E-state index contributed by atoms with van der Waals surface area (Å²) in [5.74, 6) is 0. The quantitative estimate of drug-likeness (QED) is 0.655. The van der Waals surface area contributed by atoms with Crippen molar-refractivity contribution in [1.29, 1.82) is 0 Å². The summed E-state index contributed by atoms with van der Waals surface area (Å²) in [7, 11) is 0. The molecule has 0 unspecified atom stereocenters. The molecule has 4 rings (SSSR count). The summed E-state index contributed by atoms with van der Waals surface area (Å²) in [4.78, 5) is 5.49. The molecule has 1 aliphatic carbocycles. The lowest BCUT2D eigenvalue weighted by molar-refractivity contribution is 1.09. The number of nitrogens with zero attached hydrogens (tertiary/aromatic N) is 2. The fourth-order valence-electron chi connectivity index (χ4n) is 2.63. The van der Waals surface area contributed by atoms with Crippen LogP contribution in [0.1, 0.15) is 5.56 Å². The number of hydrogen-bond donors (Lipinski definition) is 0. The molecule has 0 amide bonds. The van der Waals surface area contributed by atoms with Gasteiger partial charge in [-0.25, -0.2) is 0 Å². The van der Waals surface area contributed by atoms with Crippen LogP contribution in [0, 0.1) is 0 Å². The van der Waals surface area contributed by atoms with Crippen molar-refractivity contribution in [2.24, 2.45) is 4.99 Å². The topological polar surface area (TPSA) is 17.3 Å². The maximum absolute atomic E-state index is 5.38. The smallest absolute Gasteiger partial charge is 0.0999 e. The molecule has 3 heteroatoms. The van der Waals surface area contributed by atoms with Gasteiger partial charge in [-0.15, -0.1) is 0 Å². The van der Waals surface area contributed by atoms with Gasteiger partial charge in [0.2, 0.25) is 0 Å². The molecule has 0 bridgehead atoms. The number of benzene rings is 1. The van der Waals surface area contributed by atoms with Gasteiger partial charge in [-0.3, -0.25) is 4.99 Å². The van der Waals surface area contributed by atoms with E-state index in [9.17, 15) is 0 Å². The van der Waals surface area contributed by atoms with Crippen LogP contribution >= 0.6 is 12.2 Å². The predicted molar refractivity (Wildman–Crippen MR) is 79.1 cm³/mol. The van der Waals surface area contributed by atoms with Crippen molar-refractivity contribution in [1.82, 2.24) is 4.57 Å². The normalized spacial score (nSPS) is 17.2. The predicted octanol–water partition coefficient (Wildman–Crippen LogP) is 3.38. The molecule has 1 aromatic carbocycles. The first kappa shape index (κ1) is 9.97. The highest BCUT2D eigenvalue weighted by Gasteiger charge is 2.20. The van der Waals surface area contributed by atoms with Crippen LogP contribution in [-0.4, -0.2) is 15.1 Å². The number of aliphatic imine (C=N–C) groups is 1. The van der Waals surface area contributed by atoms with E-state index in [0.717, 1.165) is 16.3 Å². The fourth-order valence-corrected chi connectivity index (χ4v) is 2.87. The lowest BCUT2D eigenvalue weighted by Gasteiger charge is -2.13. The molecular weight excluding hydrogens is 240 g/mol. The monoisotopic (exact) mass is 250 g/mol. The Kier molecular flexibility index (Phi) is 1.94. The summed E-state index contributed by atoms with van der Waals surface area (Å²) in [6.45, 7) is 0.696. The minimum Gasteiger partial charge on any atom is -0.314 e. The second kappa shape index (κ2) is 3.50. The molecule has 2 nitrogen and oxygen atoms in total. The third-order valence-corrected chi connectivity index (χ3v) is 3.77. The van der Waals surface area contributed by atoms with E-state index in [4.69, 9.17) is 12.2 Å². The minimum absolute atomic E-state index is 0.696. The van der Waals surface area contributed by atoms with E-state index in [1.165, 1.54) is 16.5 Å². The zero-order chi connectivity index (χ0) is 12.1. The van der Waals surface area contributed by atoms with Crippen LogP contribution in [0.3, 0.4) is 0 Å². The van der Waals surface area contributed by atoms with Gasteiger partial charge in [0.15, 0.2) is 0 Å². The minimum atomic E-state index is 0.696. The molecule has 0 N–H and O–H groups in total. The van der Waals surface area contributed by atoms with Gasteiger partial charge in [-0.05, 0) is 23.8 Å². The Morgan fingerprint density at radius 2 is 2.17 bits per heavy atom. The molecule has 0 atom stereocenters. The number of allylic oxidation sites excluding steroid dienone is 4. The summed E-state index contributed by atoms with van der Waals surface area (Å²) < 4.78 is 2.20. The summed E-state index contributed by atoms with van der Waals surface area (Å²) in [5, 5.41) is 1.25. The van der Waals surface area contributed by atoms with E-state index in [1.807, 2.05) is 12.2 Å². The first-order chi connectivity index (χ1) is 8.84. The summed E-state index contributed by atoms with van der Waals surface area (Å²) in [6.07, 6.45) is 8.11. The van der Waals surface area contributed by atoms with Gasteiger partial charge in [-0.1, -0.05) is 36.5 Å². The molecule has 0 fully saturated rings. The molecule has 1 aromatic heterocycles. The van der Waals surface area contributed by atoms with Gasteiger partial charge in [0, 0.05) is 11.6 Å². The van der Waals surface area contributed by atoms with E-state index >= 15 is 0 Å². The van der Waals surface area contributed by atoms with Crippen LogP contribution < -0.4 is 0 Å². The van der Waals surface area contributed by atoms with Crippen LogP contribution in [0.2, 0.25) is 0 Å². The van der Waals surface area contributed by atoms with Gasteiger partial charge >= 0.3 is 0 Å². The third kappa shape index (κ3) is 1.22. The Balaban J connectivity index is 2.12. The highest BCUT2D eigenvalue weighted by molar-refractivity contribution is 7.82. The van der Waals surface area contributed by atoms with Crippen molar-refractivity contribution >= 4 is 39.4 Å². The maximum Gasteiger partial charge on any atom is 0.0999 e. The van der Waals surface area contributed by atoms with E-state index in [-0.39, 0.29) is 0 Å². The summed E-state index contributed by atoms with van der Waals surface area (Å²) in [6, 6.07) is 8.50. The summed E-state index contributed by atoms with van der Waals surface area (Å²) >= 11 is 5.38. The maximum atomic E-state index is 5.38. The van der Waals surface area contributed by atoms with Crippen molar-refractivity contribution in [2.45, 2.75) is 6.54 Å². The van der Waals surface area contributed by atoms with Crippen LogP contribution in [-0.2, 0) is 6.54 Å². The van der Waals surface area contributed by atoms with Gasteiger partial charge in [0.05, 0.1) is 28.3 Å². The molecule has 0 saturated carbocycles. The number of fused-ring (bicyclic) bond motifs is 2. The molecule has 0 spiro atoms. The SMILES string of the molecule is S=C1C=CC=C2C1=NCc1cccc3ccn2c13. The Morgan fingerprint density at radius 1 is 1.22 bits per heavy atom. The number of hydrogen-bond acceptors (Lipinski definition) is 2.